The van der Waals surface area contributed by atoms with Crippen molar-refractivity contribution in [3.05, 3.63) is 71.8 Å². The Bertz CT molecular complexity index is 768. The van der Waals surface area contributed by atoms with Gasteiger partial charge in [-0.25, -0.2) is 0 Å². The van der Waals surface area contributed by atoms with Crippen LogP contribution in [0.3, 0.4) is 0 Å². The van der Waals surface area contributed by atoms with Gasteiger partial charge in [0, 0.05) is 13.1 Å². The summed E-state index contributed by atoms with van der Waals surface area (Å²) in [6.45, 7) is 1.50. The zero-order chi connectivity index (χ0) is 22.3. The average Bonchev–Trinajstić information content (AvgIpc) is 2.81. The summed E-state index contributed by atoms with van der Waals surface area (Å²) in [7, 11) is 0. The molecule has 0 aromatic heterocycles. The molecule has 6 nitrogen and oxygen atoms in total. The van der Waals surface area contributed by atoms with Gasteiger partial charge in [0.15, 0.2) is 0 Å². The predicted octanol–water partition coefficient (Wildman–Crippen LogP) is 2.26. The minimum atomic E-state index is -0.525. The number of unbranched alkanes of at least 4 members (excludes halogenated alkanes) is 1. The number of benzene rings is 2. The molecule has 0 fully saturated rings. The standard InChI is InChI=1S/C25H36N4O2/c26-17-8-7-15-23(25(31)28-18-9-14-21-10-3-1-4-11-21)29(24(30)20-27)19-16-22-12-5-2-6-13-22/h1-6,10-13,23H,7-9,14-20,26-27H2,(H,28,31)/t23-/m0/s1. The van der Waals surface area contributed by atoms with Crippen LogP contribution >= 0.6 is 0 Å². The molecule has 0 aliphatic rings. The summed E-state index contributed by atoms with van der Waals surface area (Å²) in [5, 5.41) is 3.03. The lowest BCUT2D eigenvalue weighted by Gasteiger charge is -2.31. The van der Waals surface area contributed by atoms with Gasteiger partial charge in [-0.3, -0.25) is 9.59 Å². The highest BCUT2D eigenvalue weighted by Gasteiger charge is 2.28. The highest BCUT2D eigenvalue weighted by molar-refractivity contribution is 5.88. The number of carbonyl (C=O) groups is 2. The van der Waals surface area contributed by atoms with Gasteiger partial charge in [0.1, 0.15) is 6.04 Å². The fraction of sp³-hybridized carbons (Fsp3) is 0.440. The van der Waals surface area contributed by atoms with Gasteiger partial charge >= 0.3 is 0 Å². The monoisotopic (exact) mass is 424 g/mol. The molecular weight excluding hydrogens is 388 g/mol. The van der Waals surface area contributed by atoms with Gasteiger partial charge in [-0.2, -0.15) is 0 Å². The number of rotatable bonds is 14. The van der Waals surface area contributed by atoms with Gasteiger partial charge in [0.2, 0.25) is 11.8 Å². The Hall–Kier alpha value is -2.70. The van der Waals surface area contributed by atoms with Gasteiger partial charge in [-0.15, -0.1) is 0 Å². The largest absolute Gasteiger partial charge is 0.354 e. The van der Waals surface area contributed by atoms with Crippen molar-refractivity contribution in [2.45, 2.75) is 44.6 Å². The smallest absolute Gasteiger partial charge is 0.242 e. The van der Waals surface area contributed by atoms with Crippen LogP contribution in [0.1, 0.15) is 36.8 Å². The molecule has 0 radical (unpaired) electrons. The zero-order valence-electron chi connectivity index (χ0n) is 18.3. The summed E-state index contributed by atoms with van der Waals surface area (Å²) in [5.41, 5.74) is 13.7. The second-order valence-corrected chi connectivity index (χ2v) is 7.71. The molecule has 0 saturated carbocycles. The third kappa shape index (κ3) is 8.90. The summed E-state index contributed by atoms with van der Waals surface area (Å²) >= 11 is 0. The third-order valence-corrected chi connectivity index (χ3v) is 5.37. The minimum absolute atomic E-state index is 0.108. The number of amides is 2. The lowest BCUT2D eigenvalue weighted by molar-refractivity contribution is -0.139. The Kier molecular flexibility index (Phi) is 11.4. The first-order chi connectivity index (χ1) is 15.2. The van der Waals surface area contributed by atoms with Gasteiger partial charge in [-0.1, -0.05) is 60.7 Å². The molecule has 0 bridgehead atoms. The summed E-state index contributed by atoms with van der Waals surface area (Å²) in [6.07, 6.45) is 4.63. The Balaban J connectivity index is 1.98. The van der Waals surface area contributed by atoms with E-state index in [2.05, 4.69) is 17.4 Å². The fourth-order valence-electron chi connectivity index (χ4n) is 3.64. The predicted molar refractivity (Wildman–Crippen MR) is 125 cm³/mol. The molecule has 6 heteroatoms. The normalized spacial score (nSPS) is 11.7. The number of carbonyl (C=O) groups excluding carboxylic acids is 2. The molecule has 2 amide bonds. The second-order valence-electron chi connectivity index (χ2n) is 7.71. The number of nitrogens with zero attached hydrogens (tertiary/aromatic N) is 1. The Morgan fingerprint density at radius 2 is 1.45 bits per heavy atom. The Morgan fingerprint density at radius 3 is 2.03 bits per heavy atom. The van der Waals surface area contributed by atoms with Crippen LogP contribution in [-0.4, -0.2) is 48.9 Å². The second kappa shape index (κ2) is 14.3. The van der Waals surface area contributed by atoms with Crippen molar-refractivity contribution in [1.29, 1.82) is 0 Å². The molecule has 0 saturated heterocycles. The first-order valence-corrected chi connectivity index (χ1v) is 11.2. The van der Waals surface area contributed by atoms with E-state index in [0.29, 0.717) is 32.5 Å². The van der Waals surface area contributed by atoms with Crippen molar-refractivity contribution < 1.29 is 9.59 Å². The number of hydrogen-bond donors (Lipinski definition) is 3. The van der Waals surface area contributed by atoms with E-state index in [1.165, 1.54) is 5.56 Å². The van der Waals surface area contributed by atoms with Crippen molar-refractivity contribution in [1.82, 2.24) is 10.2 Å². The quantitative estimate of drug-likeness (QED) is 0.405. The van der Waals surface area contributed by atoms with Crippen LogP contribution < -0.4 is 16.8 Å². The van der Waals surface area contributed by atoms with Crippen LogP contribution in [0.5, 0.6) is 0 Å². The molecule has 2 rings (SSSR count). The molecule has 1 atom stereocenters. The van der Waals surface area contributed by atoms with Crippen LogP contribution in [0, 0.1) is 0 Å². The van der Waals surface area contributed by atoms with Crippen LogP contribution in [0.2, 0.25) is 0 Å². The lowest BCUT2D eigenvalue weighted by Crippen LogP contribution is -2.52. The van der Waals surface area contributed by atoms with E-state index in [-0.39, 0.29) is 18.4 Å². The van der Waals surface area contributed by atoms with E-state index in [1.54, 1.807) is 4.90 Å². The van der Waals surface area contributed by atoms with Crippen molar-refractivity contribution in [3.63, 3.8) is 0 Å². The summed E-state index contributed by atoms with van der Waals surface area (Å²) < 4.78 is 0. The summed E-state index contributed by atoms with van der Waals surface area (Å²) in [5.74, 6) is -0.312. The maximum atomic E-state index is 13.0. The maximum Gasteiger partial charge on any atom is 0.242 e. The number of nitrogens with one attached hydrogen (secondary N) is 1. The van der Waals surface area contributed by atoms with Crippen molar-refractivity contribution in [3.8, 4) is 0 Å². The molecular formula is C25H36N4O2. The van der Waals surface area contributed by atoms with E-state index in [4.69, 9.17) is 11.5 Å². The zero-order valence-corrected chi connectivity index (χ0v) is 18.3. The highest BCUT2D eigenvalue weighted by Crippen LogP contribution is 2.12. The summed E-state index contributed by atoms with van der Waals surface area (Å²) in [6, 6.07) is 19.6. The number of aryl methyl sites for hydroxylation is 1. The fourth-order valence-corrected chi connectivity index (χ4v) is 3.64. The van der Waals surface area contributed by atoms with E-state index in [0.717, 1.165) is 31.2 Å². The minimum Gasteiger partial charge on any atom is -0.354 e. The molecule has 31 heavy (non-hydrogen) atoms. The molecule has 0 heterocycles. The molecule has 5 N–H and O–H groups in total. The first-order valence-electron chi connectivity index (χ1n) is 11.2. The van der Waals surface area contributed by atoms with E-state index < -0.39 is 6.04 Å². The van der Waals surface area contributed by atoms with Crippen LogP contribution in [0.15, 0.2) is 60.7 Å². The average molecular weight is 425 g/mol. The van der Waals surface area contributed by atoms with Gasteiger partial charge in [0.05, 0.1) is 6.54 Å². The number of nitrogens with two attached hydrogens (primary N) is 2. The topological polar surface area (TPSA) is 101 Å². The van der Waals surface area contributed by atoms with Crippen LogP contribution in [0.25, 0.3) is 0 Å². The highest BCUT2D eigenvalue weighted by atomic mass is 16.2. The molecule has 2 aromatic rings. The van der Waals surface area contributed by atoms with Gasteiger partial charge in [-0.05, 0) is 56.2 Å². The van der Waals surface area contributed by atoms with Crippen molar-refractivity contribution >= 4 is 11.8 Å². The SMILES string of the molecule is NCCCC[C@@H](C(=O)NCCCc1ccccc1)N(CCc1ccccc1)C(=O)CN. The first kappa shape index (κ1) is 24.6. The van der Waals surface area contributed by atoms with Crippen LogP contribution in [0.4, 0.5) is 0 Å². The van der Waals surface area contributed by atoms with E-state index in [1.807, 2.05) is 48.5 Å². The Labute approximate surface area is 186 Å². The van der Waals surface area contributed by atoms with Crippen molar-refractivity contribution in [2.24, 2.45) is 11.5 Å². The van der Waals surface area contributed by atoms with E-state index >= 15 is 0 Å². The Morgan fingerprint density at radius 1 is 0.839 bits per heavy atom. The maximum absolute atomic E-state index is 13.0. The molecule has 2 aromatic carbocycles. The van der Waals surface area contributed by atoms with E-state index in [9.17, 15) is 9.59 Å². The van der Waals surface area contributed by atoms with Crippen molar-refractivity contribution in [2.75, 3.05) is 26.2 Å². The molecule has 0 spiro atoms. The van der Waals surface area contributed by atoms with Gasteiger partial charge < -0.3 is 21.7 Å². The van der Waals surface area contributed by atoms with Gasteiger partial charge in [0.25, 0.3) is 0 Å². The summed E-state index contributed by atoms with van der Waals surface area (Å²) in [4.78, 5) is 27.3. The molecule has 168 valence electrons. The van der Waals surface area contributed by atoms with Crippen LogP contribution in [-0.2, 0) is 22.4 Å². The molecule has 0 aliphatic heterocycles. The molecule has 0 unspecified atom stereocenters. The number of hydrogen-bond acceptors (Lipinski definition) is 4. The third-order valence-electron chi connectivity index (χ3n) is 5.37. The lowest BCUT2D eigenvalue weighted by atomic mass is 10.0. The molecule has 0 aliphatic carbocycles.